The van der Waals surface area contributed by atoms with Crippen molar-refractivity contribution in [1.29, 1.82) is 0 Å². The summed E-state index contributed by atoms with van der Waals surface area (Å²) in [4.78, 5) is 8.56. The molecule has 10 heteroatoms. The lowest BCUT2D eigenvalue weighted by molar-refractivity contribution is -0.137. The second-order valence-corrected chi connectivity index (χ2v) is 7.23. The summed E-state index contributed by atoms with van der Waals surface area (Å²) in [6.45, 7) is 7.51. The van der Waals surface area contributed by atoms with Gasteiger partial charge in [0.25, 0.3) is 0 Å². The smallest absolute Gasteiger partial charge is 0.383 e. The van der Waals surface area contributed by atoms with Crippen LogP contribution >= 0.6 is 24.0 Å². The molecule has 0 spiro atoms. The van der Waals surface area contributed by atoms with E-state index in [2.05, 4.69) is 20.5 Å². The van der Waals surface area contributed by atoms with Crippen LogP contribution in [0.4, 0.5) is 18.9 Å². The summed E-state index contributed by atoms with van der Waals surface area (Å²) >= 11 is 0. The van der Waals surface area contributed by atoms with Gasteiger partial charge in [-0.3, -0.25) is 9.89 Å². The molecule has 1 fully saturated rings. The molecule has 0 saturated carbocycles. The highest BCUT2D eigenvalue weighted by Crippen LogP contribution is 2.31. The maximum Gasteiger partial charge on any atom is 0.416 e. The van der Waals surface area contributed by atoms with Crippen molar-refractivity contribution in [3.8, 4) is 0 Å². The minimum absolute atomic E-state index is 0. The standard InChI is InChI=1S/C20H32F3N5O.HI/c1-16(15-29-3)26-19(24-2)25-8-5-9-27-10-12-28(13-11-27)18-7-4-6-17(14-18)20(21,22)23;/h4,6-7,14,16H,5,8-13,15H2,1-3H3,(H2,24,25,26);1H. The van der Waals surface area contributed by atoms with Crippen molar-refractivity contribution in [2.24, 2.45) is 4.99 Å². The highest BCUT2D eigenvalue weighted by molar-refractivity contribution is 14.0. The Hall–Kier alpha value is -1.27. The normalized spacial score (nSPS) is 16.7. The molecule has 0 aliphatic carbocycles. The summed E-state index contributed by atoms with van der Waals surface area (Å²) < 4.78 is 43.8. The third kappa shape index (κ3) is 8.84. The lowest BCUT2D eigenvalue weighted by Gasteiger charge is -2.36. The van der Waals surface area contributed by atoms with Gasteiger partial charge in [0.15, 0.2) is 5.96 Å². The number of aliphatic imine (C=N–C) groups is 1. The molecule has 1 heterocycles. The van der Waals surface area contributed by atoms with Gasteiger partial charge in [0.2, 0.25) is 0 Å². The molecule has 1 saturated heterocycles. The van der Waals surface area contributed by atoms with Crippen molar-refractivity contribution in [2.45, 2.75) is 25.6 Å². The Labute approximate surface area is 194 Å². The number of guanidine groups is 1. The van der Waals surface area contributed by atoms with Gasteiger partial charge in [-0.25, -0.2) is 0 Å². The first-order valence-corrected chi connectivity index (χ1v) is 9.94. The van der Waals surface area contributed by atoms with E-state index >= 15 is 0 Å². The van der Waals surface area contributed by atoms with E-state index < -0.39 is 11.7 Å². The van der Waals surface area contributed by atoms with Gasteiger partial charge in [-0.15, -0.1) is 24.0 Å². The topological polar surface area (TPSA) is 52.1 Å². The molecular weight excluding hydrogens is 510 g/mol. The van der Waals surface area contributed by atoms with Gasteiger partial charge in [0.05, 0.1) is 12.2 Å². The molecule has 2 N–H and O–H groups in total. The molecule has 1 atom stereocenters. The zero-order valence-electron chi connectivity index (χ0n) is 17.8. The minimum Gasteiger partial charge on any atom is -0.383 e. The first-order valence-electron chi connectivity index (χ1n) is 9.94. The molecule has 30 heavy (non-hydrogen) atoms. The molecule has 172 valence electrons. The fourth-order valence-electron chi connectivity index (χ4n) is 3.34. The van der Waals surface area contributed by atoms with Gasteiger partial charge in [0.1, 0.15) is 0 Å². The van der Waals surface area contributed by atoms with E-state index in [0.29, 0.717) is 12.3 Å². The number of piperazine rings is 1. The lowest BCUT2D eigenvalue weighted by atomic mass is 10.1. The quantitative estimate of drug-likeness (QED) is 0.229. The van der Waals surface area contributed by atoms with Crippen molar-refractivity contribution >= 4 is 35.6 Å². The number of rotatable bonds is 8. The molecule has 1 aliphatic rings. The Morgan fingerprint density at radius 3 is 2.53 bits per heavy atom. The number of nitrogens with one attached hydrogen (secondary N) is 2. The predicted octanol–water partition coefficient (Wildman–Crippen LogP) is 3.04. The van der Waals surface area contributed by atoms with E-state index in [4.69, 9.17) is 4.74 Å². The van der Waals surface area contributed by atoms with E-state index in [0.717, 1.165) is 57.7 Å². The van der Waals surface area contributed by atoms with Gasteiger partial charge in [0, 0.05) is 58.6 Å². The summed E-state index contributed by atoms with van der Waals surface area (Å²) in [6.07, 6.45) is -3.34. The molecule has 0 bridgehead atoms. The first kappa shape index (κ1) is 26.8. The molecule has 6 nitrogen and oxygen atoms in total. The maximum atomic E-state index is 12.9. The Bertz CT molecular complexity index is 652. The largest absolute Gasteiger partial charge is 0.416 e. The zero-order chi connectivity index (χ0) is 21.3. The van der Waals surface area contributed by atoms with Gasteiger partial charge in [-0.1, -0.05) is 6.07 Å². The van der Waals surface area contributed by atoms with Crippen LogP contribution in [0.25, 0.3) is 0 Å². The van der Waals surface area contributed by atoms with Gasteiger partial charge < -0.3 is 20.3 Å². The maximum absolute atomic E-state index is 12.9. The summed E-state index contributed by atoms with van der Waals surface area (Å²) in [5.74, 6) is 0.754. The monoisotopic (exact) mass is 543 g/mol. The van der Waals surface area contributed by atoms with Gasteiger partial charge >= 0.3 is 6.18 Å². The van der Waals surface area contributed by atoms with Crippen molar-refractivity contribution < 1.29 is 17.9 Å². The Morgan fingerprint density at radius 1 is 1.23 bits per heavy atom. The number of methoxy groups -OCH3 is 1. The SMILES string of the molecule is CN=C(NCCCN1CCN(c2cccc(C(F)(F)F)c2)CC1)NC(C)COC.I. The average Bonchev–Trinajstić information content (AvgIpc) is 2.70. The Morgan fingerprint density at radius 2 is 1.93 bits per heavy atom. The molecule has 0 amide bonds. The number of ether oxygens (including phenoxy) is 1. The van der Waals surface area contributed by atoms with Crippen LogP contribution in [0.5, 0.6) is 0 Å². The predicted molar refractivity (Wildman–Crippen MR) is 126 cm³/mol. The van der Waals surface area contributed by atoms with Crippen LogP contribution in [-0.4, -0.2) is 76.9 Å². The zero-order valence-corrected chi connectivity index (χ0v) is 20.2. The van der Waals surface area contributed by atoms with E-state index in [9.17, 15) is 13.2 Å². The fourth-order valence-corrected chi connectivity index (χ4v) is 3.34. The van der Waals surface area contributed by atoms with E-state index in [1.165, 1.54) is 12.1 Å². The third-order valence-electron chi connectivity index (χ3n) is 4.88. The number of alkyl halides is 3. The molecule has 1 aromatic rings. The Balaban J connectivity index is 0.00000450. The van der Waals surface area contributed by atoms with Crippen molar-refractivity contribution in [2.75, 3.05) is 64.9 Å². The number of hydrogen-bond acceptors (Lipinski definition) is 4. The molecule has 0 aromatic heterocycles. The fraction of sp³-hybridized carbons (Fsp3) is 0.650. The van der Waals surface area contributed by atoms with Crippen molar-refractivity contribution in [3.05, 3.63) is 29.8 Å². The second-order valence-electron chi connectivity index (χ2n) is 7.23. The summed E-state index contributed by atoms with van der Waals surface area (Å²) in [5, 5.41) is 6.55. The van der Waals surface area contributed by atoms with Crippen LogP contribution in [0.15, 0.2) is 29.3 Å². The molecule has 1 aliphatic heterocycles. The molecule has 1 unspecified atom stereocenters. The lowest BCUT2D eigenvalue weighted by Crippen LogP contribution is -2.47. The van der Waals surface area contributed by atoms with Crippen molar-refractivity contribution in [3.63, 3.8) is 0 Å². The molecule has 1 aromatic carbocycles. The summed E-state index contributed by atoms with van der Waals surface area (Å²) in [5.41, 5.74) is 0.0477. The third-order valence-corrected chi connectivity index (χ3v) is 4.88. The average molecular weight is 543 g/mol. The number of nitrogens with zero attached hydrogens (tertiary/aromatic N) is 3. The van der Waals surface area contributed by atoms with Crippen LogP contribution in [0, 0.1) is 0 Å². The molecule has 2 rings (SSSR count). The van der Waals surface area contributed by atoms with Crippen LogP contribution in [0.1, 0.15) is 18.9 Å². The number of benzene rings is 1. The number of halogens is 4. The van der Waals surface area contributed by atoms with Crippen molar-refractivity contribution in [1.82, 2.24) is 15.5 Å². The Kier molecular flexibility index (Phi) is 11.8. The number of anilines is 1. The van der Waals surface area contributed by atoms with E-state index in [-0.39, 0.29) is 30.0 Å². The number of hydrogen-bond donors (Lipinski definition) is 2. The van der Waals surface area contributed by atoms with Crippen LogP contribution in [0.3, 0.4) is 0 Å². The molecular formula is C20H33F3IN5O. The van der Waals surface area contributed by atoms with Gasteiger partial charge in [-0.2, -0.15) is 13.2 Å². The highest BCUT2D eigenvalue weighted by Gasteiger charge is 2.31. The van der Waals surface area contributed by atoms with E-state index in [1.54, 1.807) is 20.2 Å². The van der Waals surface area contributed by atoms with Crippen LogP contribution in [0.2, 0.25) is 0 Å². The van der Waals surface area contributed by atoms with Gasteiger partial charge in [-0.05, 0) is 38.1 Å². The minimum atomic E-state index is -4.30. The highest BCUT2D eigenvalue weighted by atomic mass is 127. The first-order chi connectivity index (χ1) is 13.8. The van der Waals surface area contributed by atoms with E-state index in [1.807, 2.05) is 11.8 Å². The molecule has 0 radical (unpaired) electrons. The van der Waals surface area contributed by atoms with Crippen LogP contribution < -0.4 is 15.5 Å². The van der Waals surface area contributed by atoms with Crippen LogP contribution in [-0.2, 0) is 10.9 Å². The summed E-state index contributed by atoms with van der Waals surface area (Å²) in [7, 11) is 3.41. The second kappa shape index (κ2) is 13.2. The summed E-state index contributed by atoms with van der Waals surface area (Å²) in [6, 6.07) is 5.76.